The molecular weight excluding hydrogens is 495 g/mol. The molecule has 8 aromatic rings. The molecule has 2 aromatic heterocycles. The van der Waals surface area contributed by atoms with Gasteiger partial charge in [0.25, 0.3) is 0 Å². The van der Waals surface area contributed by atoms with Crippen LogP contribution in [0.1, 0.15) is 0 Å². The molecule has 0 saturated carbocycles. The molecule has 2 heterocycles. The molecule has 8 rings (SSSR count). The Morgan fingerprint density at radius 2 is 1.10 bits per heavy atom. The Hall–Kier alpha value is -4.72. The van der Waals surface area contributed by atoms with Crippen molar-refractivity contribution in [2.45, 2.75) is 0 Å². The van der Waals surface area contributed by atoms with Gasteiger partial charge in [-0.2, -0.15) is 0 Å². The van der Waals surface area contributed by atoms with E-state index in [1.54, 1.807) is 0 Å². The molecule has 3 nitrogen and oxygen atoms in total. The number of nitrogens with zero attached hydrogens (tertiary/aromatic N) is 2. The third kappa shape index (κ3) is 3.11. The minimum atomic E-state index is -3.31. The number of para-hydroxylation sites is 3. The van der Waals surface area contributed by atoms with E-state index in [4.69, 9.17) is 4.98 Å². The van der Waals surface area contributed by atoms with Gasteiger partial charge in [-0.3, -0.25) is 4.40 Å². The van der Waals surface area contributed by atoms with Crippen LogP contribution in [0.15, 0.2) is 140 Å². The smallest absolute Gasteiger partial charge is 0.171 e. The van der Waals surface area contributed by atoms with Crippen molar-refractivity contribution in [3.05, 3.63) is 140 Å². The Balaban J connectivity index is 1.71. The average molecular weight is 519 g/mol. The van der Waals surface area contributed by atoms with E-state index in [-0.39, 0.29) is 0 Å². The number of benzene rings is 6. The van der Waals surface area contributed by atoms with Crippen LogP contribution < -0.4 is 15.9 Å². The molecule has 0 unspecified atom stereocenters. The summed E-state index contributed by atoms with van der Waals surface area (Å²) < 4.78 is 18.1. The molecule has 0 bridgehead atoms. The Kier molecular flexibility index (Phi) is 4.79. The number of hydrogen-bond donors (Lipinski definition) is 0. The Labute approximate surface area is 225 Å². The van der Waals surface area contributed by atoms with Crippen molar-refractivity contribution in [3.8, 4) is 0 Å². The molecule has 0 fully saturated rings. The maximum atomic E-state index is 15.8. The second-order valence-corrected chi connectivity index (χ2v) is 12.7. The van der Waals surface area contributed by atoms with Gasteiger partial charge in [0, 0.05) is 32.1 Å². The standard InChI is InChI=1S/C35H23N2OP/c38-39(25-14-3-1-4-15-25,26-16-5-2-6-17-26)32-23-24-13-7-8-18-27(24)33-28-19-9-11-21-30(28)37-31-22-12-10-20-29(31)36-35(37)34(32)33/h1-23H. The number of pyridine rings is 1. The third-order valence-electron chi connectivity index (χ3n) is 7.81. The highest BCUT2D eigenvalue weighted by molar-refractivity contribution is 7.85. The van der Waals surface area contributed by atoms with Gasteiger partial charge in [0.15, 0.2) is 7.14 Å². The fourth-order valence-corrected chi connectivity index (χ4v) is 8.99. The molecule has 0 radical (unpaired) electrons. The second-order valence-electron chi connectivity index (χ2n) is 9.92. The van der Waals surface area contributed by atoms with Crippen LogP contribution in [0.25, 0.3) is 49.1 Å². The van der Waals surface area contributed by atoms with Crippen molar-refractivity contribution in [3.63, 3.8) is 0 Å². The minimum absolute atomic E-state index is 0.815. The molecule has 39 heavy (non-hydrogen) atoms. The molecule has 0 N–H and O–H groups in total. The Morgan fingerprint density at radius 1 is 0.538 bits per heavy atom. The van der Waals surface area contributed by atoms with Crippen LogP contribution in [0.2, 0.25) is 0 Å². The van der Waals surface area contributed by atoms with Crippen LogP contribution in [0.3, 0.4) is 0 Å². The molecule has 0 aliphatic rings. The van der Waals surface area contributed by atoms with E-state index >= 15 is 4.57 Å². The first kappa shape index (κ1) is 22.3. The molecule has 0 aliphatic carbocycles. The average Bonchev–Trinajstić information content (AvgIpc) is 3.41. The quantitative estimate of drug-likeness (QED) is 0.178. The molecule has 4 heteroatoms. The fraction of sp³-hybridized carbons (Fsp3) is 0. The lowest BCUT2D eigenvalue weighted by Crippen LogP contribution is -2.26. The van der Waals surface area contributed by atoms with Crippen LogP contribution in [-0.2, 0) is 4.57 Å². The summed E-state index contributed by atoms with van der Waals surface area (Å²) in [5.74, 6) is 0. The molecule has 184 valence electrons. The molecule has 0 amide bonds. The number of rotatable bonds is 3. The Bertz CT molecular complexity index is 2210. The van der Waals surface area contributed by atoms with Gasteiger partial charge in [-0.1, -0.05) is 115 Å². The van der Waals surface area contributed by atoms with E-state index in [1.807, 2.05) is 66.7 Å². The lowest BCUT2D eigenvalue weighted by Gasteiger charge is -2.23. The van der Waals surface area contributed by atoms with Crippen molar-refractivity contribution in [1.82, 2.24) is 9.38 Å². The lowest BCUT2D eigenvalue weighted by molar-refractivity contribution is 0.592. The molecular formula is C35H23N2OP. The SMILES string of the molecule is O=P(c1ccccc1)(c1ccccc1)c1cc2ccccc2c2c3ccccc3n3c4ccccc4nc3c12. The summed E-state index contributed by atoms with van der Waals surface area (Å²) >= 11 is 0. The number of hydrogen-bond acceptors (Lipinski definition) is 2. The summed E-state index contributed by atoms with van der Waals surface area (Å²) in [6, 6.07) is 47.1. The highest BCUT2D eigenvalue weighted by atomic mass is 31.2. The van der Waals surface area contributed by atoms with Crippen molar-refractivity contribution in [2.75, 3.05) is 0 Å². The predicted octanol–water partition coefficient (Wildman–Crippen LogP) is 7.59. The molecule has 0 aliphatic heterocycles. The molecule has 0 spiro atoms. The number of fused-ring (bicyclic) bond motifs is 10. The first-order chi connectivity index (χ1) is 19.2. The summed E-state index contributed by atoms with van der Waals surface area (Å²) in [7, 11) is -3.31. The summed E-state index contributed by atoms with van der Waals surface area (Å²) in [4.78, 5) is 5.20. The summed E-state index contributed by atoms with van der Waals surface area (Å²) in [5, 5.41) is 7.81. The zero-order valence-corrected chi connectivity index (χ0v) is 21.9. The van der Waals surface area contributed by atoms with E-state index < -0.39 is 7.14 Å². The summed E-state index contributed by atoms with van der Waals surface area (Å²) in [6.07, 6.45) is 0. The van der Waals surface area contributed by atoms with E-state index in [2.05, 4.69) is 77.2 Å². The maximum Gasteiger partial charge on any atom is 0.171 e. The highest BCUT2D eigenvalue weighted by Crippen LogP contribution is 2.47. The fourth-order valence-electron chi connectivity index (χ4n) is 6.11. The largest absolute Gasteiger partial charge is 0.309 e. The lowest BCUT2D eigenvalue weighted by atomic mass is 9.99. The van der Waals surface area contributed by atoms with Crippen molar-refractivity contribution < 1.29 is 4.57 Å². The van der Waals surface area contributed by atoms with Gasteiger partial charge in [0.2, 0.25) is 0 Å². The first-order valence-electron chi connectivity index (χ1n) is 13.1. The predicted molar refractivity (Wildman–Crippen MR) is 165 cm³/mol. The minimum Gasteiger partial charge on any atom is -0.309 e. The molecule has 0 atom stereocenters. The zero-order chi connectivity index (χ0) is 26.0. The van der Waals surface area contributed by atoms with E-state index in [1.165, 1.54) is 0 Å². The third-order valence-corrected chi connectivity index (χ3v) is 10.9. The second kappa shape index (κ2) is 8.39. The van der Waals surface area contributed by atoms with Crippen LogP contribution in [-0.4, -0.2) is 9.38 Å². The topological polar surface area (TPSA) is 34.4 Å². The highest BCUT2D eigenvalue weighted by Gasteiger charge is 2.33. The van der Waals surface area contributed by atoms with Gasteiger partial charge < -0.3 is 4.57 Å². The van der Waals surface area contributed by atoms with Gasteiger partial charge in [0.05, 0.1) is 16.6 Å². The Morgan fingerprint density at radius 3 is 1.82 bits per heavy atom. The summed E-state index contributed by atoms with van der Waals surface area (Å²) in [5.41, 5.74) is 3.88. The van der Waals surface area contributed by atoms with Crippen LogP contribution in [0, 0.1) is 0 Å². The van der Waals surface area contributed by atoms with Crippen molar-refractivity contribution >= 4 is 72.2 Å². The number of imidazole rings is 1. The van der Waals surface area contributed by atoms with Crippen molar-refractivity contribution in [1.29, 1.82) is 0 Å². The van der Waals surface area contributed by atoms with Crippen molar-refractivity contribution in [2.24, 2.45) is 0 Å². The zero-order valence-electron chi connectivity index (χ0n) is 21.0. The number of aromatic nitrogens is 2. The molecule has 6 aromatic carbocycles. The molecule has 0 saturated heterocycles. The van der Waals surface area contributed by atoms with E-state index in [9.17, 15) is 0 Å². The maximum absolute atomic E-state index is 15.8. The van der Waals surface area contributed by atoms with Crippen LogP contribution in [0.5, 0.6) is 0 Å². The van der Waals surface area contributed by atoms with Gasteiger partial charge >= 0.3 is 0 Å². The van der Waals surface area contributed by atoms with E-state index in [0.717, 1.165) is 65.0 Å². The summed E-state index contributed by atoms with van der Waals surface area (Å²) in [6.45, 7) is 0. The van der Waals surface area contributed by atoms with Crippen LogP contribution >= 0.6 is 7.14 Å². The normalized spacial score (nSPS) is 12.2. The van der Waals surface area contributed by atoms with Gasteiger partial charge in [0.1, 0.15) is 5.65 Å². The first-order valence-corrected chi connectivity index (χ1v) is 14.8. The van der Waals surface area contributed by atoms with Crippen LogP contribution in [0.4, 0.5) is 0 Å². The van der Waals surface area contributed by atoms with Gasteiger partial charge in [-0.25, -0.2) is 4.98 Å². The van der Waals surface area contributed by atoms with Gasteiger partial charge in [-0.15, -0.1) is 0 Å². The van der Waals surface area contributed by atoms with Gasteiger partial charge in [-0.05, 0) is 35.0 Å². The van der Waals surface area contributed by atoms with E-state index in [0.29, 0.717) is 0 Å². The monoisotopic (exact) mass is 518 g/mol.